The van der Waals surface area contributed by atoms with Crippen LogP contribution >= 0.6 is 0 Å². The topological polar surface area (TPSA) is 147 Å². The van der Waals surface area contributed by atoms with Gasteiger partial charge in [-0.05, 0) is 56.3 Å². The Balaban J connectivity index is 1.49. The maximum absolute atomic E-state index is 13.3. The summed E-state index contributed by atoms with van der Waals surface area (Å²) in [5.74, 6) is -4.33. The summed E-state index contributed by atoms with van der Waals surface area (Å²) < 4.78 is 0. The minimum atomic E-state index is -2.28. The van der Waals surface area contributed by atoms with Gasteiger partial charge in [-0.3, -0.25) is 19.3 Å². The molecule has 3 unspecified atom stereocenters. The number of nitrogens with one attached hydrogen (secondary N) is 1. The molecule has 5 N–H and O–H groups in total. The van der Waals surface area contributed by atoms with Crippen LogP contribution in [0.4, 0.5) is 5.69 Å². The molecule has 1 aliphatic heterocycles. The summed E-state index contributed by atoms with van der Waals surface area (Å²) in [6.07, 6.45) is 3.40. The van der Waals surface area contributed by atoms with Crippen LogP contribution in [0.15, 0.2) is 29.5 Å². The minimum Gasteiger partial charge on any atom is -0.509 e. The molecule has 1 saturated heterocycles. The molecule has 33 heavy (non-hydrogen) atoms. The Morgan fingerprint density at radius 1 is 1.12 bits per heavy atom. The van der Waals surface area contributed by atoms with Gasteiger partial charge in [0, 0.05) is 24.0 Å². The molecule has 0 aromatic heterocycles. The van der Waals surface area contributed by atoms with E-state index in [0.717, 1.165) is 32.0 Å². The van der Waals surface area contributed by atoms with Crippen molar-refractivity contribution in [1.29, 1.82) is 0 Å². The number of hydrogen-bond donors (Lipinski definition) is 5. The van der Waals surface area contributed by atoms with E-state index in [1.54, 1.807) is 12.1 Å². The number of aromatic hydroxyl groups is 1. The summed E-state index contributed by atoms with van der Waals surface area (Å²) in [6.45, 7) is 1.89. The summed E-state index contributed by atoms with van der Waals surface area (Å²) in [4.78, 5) is 39.6. The van der Waals surface area contributed by atoms with Gasteiger partial charge in [-0.2, -0.15) is 0 Å². The zero-order chi connectivity index (χ0) is 23.5. The lowest BCUT2D eigenvalue weighted by Crippen LogP contribution is -2.56. The van der Waals surface area contributed by atoms with Crippen molar-refractivity contribution in [3.05, 3.63) is 40.7 Å². The van der Waals surface area contributed by atoms with Gasteiger partial charge in [0.15, 0.2) is 11.4 Å². The molecular weight excluding hydrogens is 428 g/mol. The molecule has 3 aliphatic carbocycles. The van der Waals surface area contributed by atoms with Crippen LogP contribution in [0.1, 0.15) is 36.8 Å². The predicted molar refractivity (Wildman–Crippen MR) is 118 cm³/mol. The molecule has 1 amide bonds. The van der Waals surface area contributed by atoms with Gasteiger partial charge in [0.2, 0.25) is 11.7 Å². The maximum atomic E-state index is 13.3. The smallest absolute Gasteiger partial charge is 0.238 e. The number of allylic oxidation sites excluding steroid dienone is 1. The molecule has 0 bridgehead atoms. The van der Waals surface area contributed by atoms with E-state index in [1.807, 2.05) is 4.90 Å². The summed E-state index contributed by atoms with van der Waals surface area (Å²) in [5, 5.41) is 45.9. The van der Waals surface area contributed by atoms with Crippen molar-refractivity contribution in [1.82, 2.24) is 4.90 Å². The molecule has 0 spiro atoms. The highest BCUT2D eigenvalue weighted by Gasteiger charge is 2.58. The van der Waals surface area contributed by atoms with Crippen molar-refractivity contribution < 1.29 is 34.8 Å². The second-order valence-electron chi connectivity index (χ2n) is 9.42. The van der Waals surface area contributed by atoms with Crippen LogP contribution in [0.5, 0.6) is 5.75 Å². The number of aliphatic hydroxyl groups excluding tert-OH is 2. The van der Waals surface area contributed by atoms with Gasteiger partial charge in [-0.1, -0.05) is 6.07 Å². The first-order chi connectivity index (χ1) is 15.7. The van der Waals surface area contributed by atoms with E-state index in [9.17, 15) is 34.8 Å². The Hall–Kier alpha value is -3.17. The van der Waals surface area contributed by atoms with Gasteiger partial charge in [0.05, 0.1) is 17.8 Å². The number of carbonyl (C=O) groups excluding carboxylic acids is 3. The van der Waals surface area contributed by atoms with Crippen molar-refractivity contribution in [2.75, 3.05) is 25.0 Å². The van der Waals surface area contributed by atoms with E-state index < -0.39 is 34.7 Å². The molecule has 1 heterocycles. The summed E-state index contributed by atoms with van der Waals surface area (Å²) in [7, 11) is 0. The van der Waals surface area contributed by atoms with Crippen LogP contribution in [-0.2, 0) is 20.8 Å². The third kappa shape index (κ3) is 3.34. The number of ketones is 2. The fraction of sp³-hybridized carbons (Fsp3) is 0.458. The van der Waals surface area contributed by atoms with Crippen LogP contribution < -0.4 is 5.32 Å². The summed E-state index contributed by atoms with van der Waals surface area (Å²) in [5.41, 5.74) is -1.61. The number of amides is 1. The number of fused-ring (bicyclic) bond motifs is 3. The predicted octanol–water partition coefficient (Wildman–Crippen LogP) is 1.60. The zero-order valence-corrected chi connectivity index (χ0v) is 18.0. The van der Waals surface area contributed by atoms with Crippen molar-refractivity contribution >= 4 is 28.9 Å². The number of benzene rings is 1. The highest BCUT2D eigenvalue weighted by molar-refractivity contribution is 6.12. The fourth-order valence-electron chi connectivity index (χ4n) is 5.72. The second kappa shape index (κ2) is 7.71. The van der Waals surface area contributed by atoms with Gasteiger partial charge >= 0.3 is 0 Å². The molecule has 4 aliphatic rings. The number of aliphatic hydroxyl groups is 3. The van der Waals surface area contributed by atoms with Crippen LogP contribution in [0.2, 0.25) is 0 Å². The van der Waals surface area contributed by atoms with Gasteiger partial charge in [0.1, 0.15) is 17.3 Å². The lowest BCUT2D eigenvalue weighted by Gasteiger charge is -2.45. The molecule has 3 atom stereocenters. The van der Waals surface area contributed by atoms with E-state index >= 15 is 0 Å². The number of rotatable bonds is 3. The normalized spacial score (nSPS) is 29.3. The highest BCUT2D eigenvalue weighted by Crippen LogP contribution is 2.51. The second-order valence-corrected chi connectivity index (χ2v) is 9.42. The molecule has 2 fully saturated rings. The van der Waals surface area contributed by atoms with Gasteiger partial charge in [-0.25, -0.2) is 0 Å². The Labute approximate surface area is 190 Å². The number of anilines is 1. The number of phenols is 1. The van der Waals surface area contributed by atoms with Crippen LogP contribution in [-0.4, -0.2) is 68.0 Å². The maximum Gasteiger partial charge on any atom is 0.238 e. The third-order valence-electron chi connectivity index (χ3n) is 7.36. The molecule has 9 heteroatoms. The Kier molecular flexibility index (Phi) is 5.06. The van der Waals surface area contributed by atoms with Gasteiger partial charge in [-0.15, -0.1) is 0 Å². The molecule has 9 nitrogen and oxygen atoms in total. The Morgan fingerprint density at radius 2 is 1.85 bits per heavy atom. The molecule has 1 aromatic carbocycles. The number of hydrogen-bond acceptors (Lipinski definition) is 8. The monoisotopic (exact) mass is 454 g/mol. The first kappa shape index (κ1) is 21.7. The number of phenolic OH excluding ortho intramolecular Hbond substituents is 1. The average Bonchev–Trinajstić information content (AvgIpc) is 3.25. The number of carbonyl (C=O) groups is 3. The van der Waals surface area contributed by atoms with Crippen LogP contribution in [0.3, 0.4) is 0 Å². The lowest BCUT2D eigenvalue weighted by molar-refractivity contribution is -0.146. The number of likely N-dealkylation sites (tertiary alicyclic amines) is 1. The number of Topliss-reactive ketones (excluding diaryl/α,β-unsaturated/α-hetero) is 1. The minimum absolute atomic E-state index is 0.0333. The van der Waals surface area contributed by atoms with Crippen LogP contribution in [0.25, 0.3) is 5.76 Å². The largest absolute Gasteiger partial charge is 0.509 e. The SMILES string of the molecule is O=C1C=C(O)C2(O)C(=O)C3=C(O)c4c(ccc(NC(=O)CN5CCCC5)c4O)CC3CC2C1. The van der Waals surface area contributed by atoms with Gasteiger partial charge < -0.3 is 25.7 Å². The van der Waals surface area contributed by atoms with Gasteiger partial charge in [0.25, 0.3) is 0 Å². The fourth-order valence-corrected chi connectivity index (χ4v) is 5.72. The number of nitrogens with zero attached hydrogens (tertiary/aromatic N) is 1. The summed E-state index contributed by atoms with van der Waals surface area (Å²) >= 11 is 0. The molecule has 1 aromatic rings. The Bertz CT molecular complexity index is 1130. The summed E-state index contributed by atoms with van der Waals surface area (Å²) in [6, 6.07) is 3.25. The first-order valence-electron chi connectivity index (χ1n) is 11.2. The van der Waals surface area contributed by atoms with Crippen LogP contribution in [0, 0.1) is 11.8 Å². The zero-order valence-electron chi connectivity index (χ0n) is 18.0. The highest BCUT2D eigenvalue weighted by atomic mass is 16.3. The van der Waals surface area contributed by atoms with Crippen molar-refractivity contribution in [2.24, 2.45) is 11.8 Å². The first-order valence-corrected chi connectivity index (χ1v) is 11.2. The van der Waals surface area contributed by atoms with E-state index in [4.69, 9.17) is 0 Å². The molecule has 174 valence electrons. The standard InChI is InChI=1S/C24H26N2O7/c27-15-9-14-8-13-7-12-3-4-16(25-18(29)11-26-5-1-2-6-26)21(30)19(12)22(31)20(13)23(32)24(14,33)17(28)10-15/h3-4,10,13-14,28,30-31,33H,1-2,5-9,11H2,(H,25,29). The molecule has 0 radical (unpaired) electrons. The van der Waals surface area contributed by atoms with E-state index in [2.05, 4.69) is 5.32 Å². The van der Waals surface area contributed by atoms with E-state index in [1.165, 1.54) is 0 Å². The average molecular weight is 454 g/mol. The van der Waals surface area contributed by atoms with E-state index in [0.29, 0.717) is 12.0 Å². The molecule has 1 saturated carbocycles. The van der Waals surface area contributed by atoms with Crippen molar-refractivity contribution in [2.45, 2.75) is 37.7 Å². The van der Waals surface area contributed by atoms with Crippen molar-refractivity contribution in [3.8, 4) is 5.75 Å². The quantitative estimate of drug-likeness (QED) is 0.433. The van der Waals surface area contributed by atoms with E-state index in [-0.39, 0.29) is 53.7 Å². The third-order valence-corrected chi connectivity index (χ3v) is 7.36. The lowest BCUT2D eigenvalue weighted by atomic mass is 9.60. The molecule has 5 rings (SSSR count). The Morgan fingerprint density at radius 3 is 2.58 bits per heavy atom. The van der Waals surface area contributed by atoms with Crippen molar-refractivity contribution in [3.63, 3.8) is 0 Å². The molecular formula is C24H26N2O7.